The zero-order chi connectivity index (χ0) is 18.7. The van der Waals surface area contributed by atoms with Gasteiger partial charge in [-0.1, -0.05) is 29.0 Å². The van der Waals surface area contributed by atoms with Crippen molar-refractivity contribution in [2.75, 3.05) is 32.7 Å². The van der Waals surface area contributed by atoms with E-state index < -0.39 is 0 Å². The van der Waals surface area contributed by atoms with E-state index in [-0.39, 0.29) is 11.2 Å². The number of hydrogen-bond donors (Lipinski definition) is 1. The molecule has 26 heavy (non-hydrogen) atoms. The van der Waals surface area contributed by atoms with Crippen LogP contribution in [-0.4, -0.2) is 59.0 Å². The van der Waals surface area contributed by atoms with E-state index in [1.807, 2.05) is 37.8 Å². The van der Waals surface area contributed by atoms with E-state index >= 15 is 0 Å². The van der Waals surface area contributed by atoms with Crippen LogP contribution in [0.5, 0.6) is 0 Å². The average molecular weight is 376 g/mol. The van der Waals surface area contributed by atoms with Crippen molar-refractivity contribution in [2.24, 2.45) is 0 Å². The molecule has 7 heteroatoms. The van der Waals surface area contributed by atoms with Crippen molar-refractivity contribution in [3.05, 3.63) is 29.3 Å². The number of quaternary nitrogens is 1. The number of likely N-dealkylation sites (N-methyl/N-ethyl adjacent to an activating group) is 1. The van der Waals surface area contributed by atoms with E-state index in [2.05, 4.69) is 23.2 Å². The number of nitrogens with zero attached hydrogens (tertiary/aromatic N) is 3. The third kappa shape index (κ3) is 4.45. The lowest BCUT2D eigenvalue weighted by atomic mass is 10.1. The molecule has 0 aliphatic carbocycles. The van der Waals surface area contributed by atoms with Gasteiger partial charge in [0.1, 0.15) is 0 Å². The number of carbonyl (C=O) groups excluding carboxylic acids is 1. The second-order valence-electron chi connectivity index (χ2n) is 6.94. The minimum absolute atomic E-state index is 0.149. The first kappa shape index (κ1) is 18.9. The fourth-order valence-electron chi connectivity index (χ4n) is 3.33. The molecular formula is C19H27N4O2S+. The maximum Gasteiger partial charge on any atom is 0.277 e. The highest BCUT2D eigenvalue weighted by Crippen LogP contribution is 2.28. The van der Waals surface area contributed by atoms with Crippen molar-refractivity contribution in [2.45, 2.75) is 38.2 Å². The molecule has 1 fully saturated rings. The topological polar surface area (TPSA) is 63.7 Å². The monoisotopic (exact) mass is 375 g/mol. The summed E-state index contributed by atoms with van der Waals surface area (Å²) < 4.78 is 5.79. The lowest BCUT2D eigenvalue weighted by Crippen LogP contribution is -3.14. The Kier molecular flexibility index (Phi) is 5.98. The van der Waals surface area contributed by atoms with Crippen LogP contribution in [0.3, 0.4) is 0 Å². The summed E-state index contributed by atoms with van der Waals surface area (Å²) in [5.74, 6) is 0.649. The van der Waals surface area contributed by atoms with Gasteiger partial charge in [-0.3, -0.25) is 4.79 Å². The summed E-state index contributed by atoms with van der Waals surface area (Å²) in [5, 5.41) is 8.48. The molecular weight excluding hydrogens is 348 g/mol. The predicted molar refractivity (Wildman–Crippen MR) is 102 cm³/mol. The number of rotatable bonds is 5. The van der Waals surface area contributed by atoms with Crippen LogP contribution in [0.4, 0.5) is 0 Å². The minimum atomic E-state index is -0.231. The zero-order valence-corrected chi connectivity index (χ0v) is 16.7. The van der Waals surface area contributed by atoms with Gasteiger partial charge in [-0.05, 0) is 39.8 Å². The molecule has 1 aliphatic heterocycles. The van der Waals surface area contributed by atoms with Crippen molar-refractivity contribution >= 4 is 17.7 Å². The van der Waals surface area contributed by atoms with Crippen molar-refractivity contribution < 1.29 is 14.1 Å². The number of nitrogens with one attached hydrogen (secondary N) is 1. The Bertz CT molecular complexity index is 748. The van der Waals surface area contributed by atoms with Crippen LogP contribution in [0.15, 0.2) is 27.8 Å². The Labute approximate surface area is 159 Å². The molecule has 0 bridgehead atoms. The second kappa shape index (κ2) is 8.22. The first-order valence-electron chi connectivity index (χ1n) is 9.17. The van der Waals surface area contributed by atoms with Crippen LogP contribution in [0, 0.1) is 13.8 Å². The van der Waals surface area contributed by atoms with E-state index in [0.29, 0.717) is 11.1 Å². The molecule has 140 valence electrons. The number of amides is 1. The van der Waals surface area contributed by atoms with Crippen LogP contribution < -0.4 is 4.90 Å². The Hall–Kier alpha value is -1.86. The lowest BCUT2D eigenvalue weighted by molar-refractivity contribution is -0.902. The number of carbonyl (C=O) groups is 1. The largest absolute Gasteiger partial charge is 0.411 e. The fourth-order valence-corrected chi connectivity index (χ4v) is 4.10. The van der Waals surface area contributed by atoms with Gasteiger partial charge in [-0.25, -0.2) is 0 Å². The number of hydrogen-bond acceptors (Lipinski definition) is 5. The number of piperazine rings is 1. The molecule has 0 saturated carbocycles. The summed E-state index contributed by atoms with van der Waals surface area (Å²) in [6, 6.07) is 6.16. The summed E-state index contributed by atoms with van der Waals surface area (Å²) in [4.78, 5) is 16.2. The Morgan fingerprint density at radius 1 is 1.23 bits per heavy atom. The summed E-state index contributed by atoms with van der Waals surface area (Å²) in [6.45, 7) is 13.0. The maximum absolute atomic E-state index is 12.7. The van der Waals surface area contributed by atoms with Gasteiger partial charge in [0.05, 0.1) is 38.0 Å². The molecule has 1 N–H and O–H groups in total. The molecule has 1 aromatic heterocycles. The number of aromatic nitrogens is 2. The highest BCUT2D eigenvalue weighted by atomic mass is 32.2. The number of thioether (sulfide) groups is 1. The van der Waals surface area contributed by atoms with Gasteiger partial charge in [-0.2, -0.15) is 0 Å². The quantitative estimate of drug-likeness (QED) is 0.804. The molecule has 1 saturated heterocycles. The molecule has 2 heterocycles. The second-order valence-corrected chi connectivity index (χ2v) is 8.23. The van der Waals surface area contributed by atoms with Crippen LogP contribution >= 0.6 is 11.8 Å². The Morgan fingerprint density at radius 3 is 2.50 bits per heavy atom. The summed E-state index contributed by atoms with van der Waals surface area (Å²) in [7, 11) is 0. The van der Waals surface area contributed by atoms with E-state index in [9.17, 15) is 4.79 Å². The van der Waals surface area contributed by atoms with Crippen LogP contribution in [0.25, 0.3) is 11.5 Å². The third-order valence-corrected chi connectivity index (χ3v) is 5.70. The first-order chi connectivity index (χ1) is 12.5. The molecule has 1 aromatic carbocycles. The van der Waals surface area contributed by atoms with Crippen LogP contribution in [0.1, 0.15) is 25.0 Å². The van der Waals surface area contributed by atoms with E-state index in [4.69, 9.17) is 4.42 Å². The lowest BCUT2D eigenvalue weighted by Gasteiger charge is -2.32. The van der Waals surface area contributed by atoms with Crippen LogP contribution in [0.2, 0.25) is 0 Å². The van der Waals surface area contributed by atoms with Gasteiger partial charge < -0.3 is 14.2 Å². The molecule has 1 aliphatic rings. The van der Waals surface area contributed by atoms with Crippen molar-refractivity contribution in [1.82, 2.24) is 15.1 Å². The van der Waals surface area contributed by atoms with Crippen molar-refractivity contribution in [3.8, 4) is 11.5 Å². The molecule has 0 radical (unpaired) electrons. The molecule has 1 amide bonds. The highest BCUT2D eigenvalue weighted by molar-refractivity contribution is 8.00. The summed E-state index contributed by atoms with van der Waals surface area (Å²) in [5.41, 5.74) is 3.23. The van der Waals surface area contributed by atoms with Crippen molar-refractivity contribution in [3.63, 3.8) is 0 Å². The predicted octanol–water partition coefficient (Wildman–Crippen LogP) is 1.58. The van der Waals surface area contributed by atoms with E-state index in [0.717, 1.165) is 49.4 Å². The molecule has 0 spiro atoms. The molecule has 1 atom stereocenters. The Morgan fingerprint density at radius 2 is 1.88 bits per heavy atom. The number of benzene rings is 1. The average Bonchev–Trinajstić information content (AvgIpc) is 3.09. The SMILES string of the molecule is CC[NH+]1CCN(C(=O)[C@H](C)Sc2nnc(-c3cc(C)cc(C)c3)o2)CC1. The smallest absolute Gasteiger partial charge is 0.277 e. The summed E-state index contributed by atoms with van der Waals surface area (Å²) in [6.07, 6.45) is 0. The first-order valence-corrected chi connectivity index (χ1v) is 10.1. The number of aryl methyl sites for hydroxylation is 2. The summed E-state index contributed by atoms with van der Waals surface area (Å²) >= 11 is 1.34. The highest BCUT2D eigenvalue weighted by Gasteiger charge is 2.28. The molecule has 6 nitrogen and oxygen atoms in total. The minimum Gasteiger partial charge on any atom is -0.411 e. The Balaban J connectivity index is 1.62. The maximum atomic E-state index is 12.7. The van der Waals surface area contributed by atoms with Gasteiger partial charge in [0.2, 0.25) is 11.8 Å². The normalized spacial score (nSPS) is 16.7. The van der Waals surface area contributed by atoms with Gasteiger partial charge in [0, 0.05) is 5.56 Å². The van der Waals surface area contributed by atoms with Crippen LogP contribution in [-0.2, 0) is 4.79 Å². The standard InChI is InChI=1S/C19H26N4O2S/c1-5-22-6-8-23(9-7-22)18(24)15(4)26-19-21-20-17(25-19)16-11-13(2)10-14(3)12-16/h10-12,15H,5-9H2,1-4H3/p+1/t15-/m0/s1. The van der Waals surface area contributed by atoms with Gasteiger partial charge >= 0.3 is 0 Å². The van der Waals surface area contributed by atoms with Gasteiger partial charge in [0.15, 0.2) is 0 Å². The van der Waals surface area contributed by atoms with Crippen molar-refractivity contribution in [1.29, 1.82) is 0 Å². The molecule has 2 aromatic rings. The molecule has 3 rings (SSSR count). The van der Waals surface area contributed by atoms with E-state index in [1.165, 1.54) is 11.8 Å². The zero-order valence-electron chi connectivity index (χ0n) is 15.9. The van der Waals surface area contributed by atoms with Gasteiger partial charge in [-0.15, -0.1) is 10.2 Å². The van der Waals surface area contributed by atoms with Gasteiger partial charge in [0.25, 0.3) is 5.22 Å². The fraction of sp³-hybridized carbons (Fsp3) is 0.526. The third-order valence-electron chi connectivity index (χ3n) is 4.78. The van der Waals surface area contributed by atoms with E-state index in [1.54, 1.807) is 4.90 Å². The molecule has 0 unspecified atom stereocenters.